The number of pyridine rings is 1. The van der Waals surface area contributed by atoms with E-state index in [1.165, 1.54) is 0 Å². The Bertz CT molecular complexity index is 737. The van der Waals surface area contributed by atoms with Gasteiger partial charge in [-0.3, -0.25) is 9.67 Å². The summed E-state index contributed by atoms with van der Waals surface area (Å²) in [5.41, 5.74) is 2.74. The van der Waals surface area contributed by atoms with Crippen molar-refractivity contribution in [1.82, 2.24) is 24.7 Å². The Morgan fingerprint density at radius 3 is 2.64 bits per heavy atom. The molecule has 22 heavy (non-hydrogen) atoms. The second-order valence-electron chi connectivity index (χ2n) is 4.97. The number of hydrogen-bond donors (Lipinski definition) is 1. The van der Waals surface area contributed by atoms with E-state index >= 15 is 0 Å². The van der Waals surface area contributed by atoms with Crippen LogP contribution in [0.15, 0.2) is 48.9 Å². The molecular formula is C16H18N6. The molecule has 0 aliphatic rings. The van der Waals surface area contributed by atoms with Gasteiger partial charge in [0.05, 0.1) is 23.1 Å². The smallest absolute Gasteiger partial charge is 0.223 e. The first kappa shape index (κ1) is 14.2. The van der Waals surface area contributed by atoms with E-state index in [1.807, 2.05) is 42.1 Å². The van der Waals surface area contributed by atoms with Gasteiger partial charge in [-0.05, 0) is 30.7 Å². The summed E-state index contributed by atoms with van der Waals surface area (Å²) in [7, 11) is 1.94. The van der Waals surface area contributed by atoms with Gasteiger partial charge >= 0.3 is 0 Å². The van der Waals surface area contributed by atoms with Crippen LogP contribution in [0.3, 0.4) is 0 Å². The van der Waals surface area contributed by atoms with Crippen molar-refractivity contribution in [3.8, 4) is 11.4 Å². The molecule has 3 aromatic rings. The molecule has 3 heterocycles. The predicted octanol–water partition coefficient (Wildman–Crippen LogP) is 2.84. The molecule has 1 N–H and O–H groups in total. The highest BCUT2D eigenvalue weighted by Gasteiger charge is 2.14. The van der Waals surface area contributed by atoms with Crippen molar-refractivity contribution in [1.29, 1.82) is 0 Å². The minimum atomic E-state index is 0.117. The van der Waals surface area contributed by atoms with E-state index in [1.54, 1.807) is 18.6 Å². The normalized spacial score (nSPS) is 12.1. The van der Waals surface area contributed by atoms with Crippen LogP contribution in [0, 0.1) is 0 Å². The Morgan fingerprint density at radius 1 is 1.05 bits per heavy atom. The van der Waals surface area contributed by atoms with Crippen LogP contribution < -0.4 is 5.32 Å². The molecule has 0 bridgehead atoms. The summed E-state index contributed by atoms with van der Waals surface area (Å²) in [5, 5.41) is 7.59. The van der Waals surface area contributed by atoms with Crippen LogP contribution in [0.25, 0.3) is 11.4 Å². The molecule has 0 fully saturated rings. The summed E-state index contributed by atoms with van der Waals surface area (Å²) in [5.74, 6) is 0.594. The van der Waals surface area contributed by atoms with E-state index in [-0.39, 0.29) is 6.04 Å². The summed E-state index contributed by atoms with van der Waals surface area (Å²) < 4.78 is 1.86. The highest BCUT2D eigenvalue weighted by atomic mass is 15.3. The Kier molecular flexibility index (Phi) is 4.09. The molecule has 0 aromatic carbocycles. The van der Waals surface area contributed by atoms with Gasteiger partial charge in [-0.1, -0.05) is 13.0 Å². The zero-order valence-electron chi connectivity index (χ0n) is 12.6. The van der Waals surface area contributed by atoms with Crippen LogP contribution >= 0.6 is 0 Å². The molecule has 0 aliphatic heterocycles. The lowest BCUT2D eigenvalue weighted by Crippen LogP contribution is -2.15. The molecule has 3 aromatic heterocycles. The third kappa shape index (κ3) is 2.95. The zero-order valence-corrected chi connectivity index (χ0v) is 12.6. The lowest BCUT2D eigenvalue weighted by atomic mass is 10.1. The maximum absolute atomic E-state index is 4.56. The number of aryl methyl sites for hydroxylation is 1. The van der Waals surface area contributed by atoms with E-state index in [0.717, 1.165) is 23.5 Å². The number of nitrogens with zero attached hydrogens (tertiary/aromatic N) is 5. The minimum absolute atomic E-state index is 0.117. The minimum Gasteiger partial charge on any atom is -0.346 e. The SMILES string of the molecule is CC[C@@H](Nc1nccc(-c2ccccn2)n1)c1ccnn1C. The summed E-state index contributed by atoms with van der Waals surface area (Å²) in [6.07, 6.45) is 6.21. The molecule has 0 unspecified atom stereocenters. The molecule has 0 amide bonds. The van der Waals surface area contributed by atoms with Crippen LogP contribution in [0.4, 0.5) is 5.95 Å². The molecule has 0 saturated carbocycles. The van der Waals surface area contributed by atoms with Crippen molar-refractivity contribution >= 4 is 5.95 Å². The van der Waals surface area contributed by atoms with Gasteiger partial charge in [-0.15, -0.1) is 0 Å². The van der Waals surface area contributed by atoms with Crippen molar-refractivity contribution in [2.24, 2.45) is 7.05 Å². The lowest BCUT2D eigenvalue weighted by molar-refractivity contribution is 0.630. The number of aromatic nitrogens is 5. The van der Waals surface area contributed by atoms with Gasteiger partial charge in [-0.25, -0.2) is 9.97 Å². The van der Waals surface area contributed by atoms with Crippen molar-refractivity contribution < 1.29 is 0 Å². The van der Waals surface area contributed by atoms with Crippen molar-refractivity contribution in [2.75, 3.05) is 5.32 Å². The van der Waals surface area contributed by atoms with Gasteiger partial charge in [0.1, 0.15) is 0 Å². The molecule has 0 saturated heterocycles. The third-order valence-corrected chi connectivity index (χ3v) is 3.51. The maximum Gasteiger partial charge on any atom is 0.223 e. The van der Waals surface area contributed by atoms with Crippen LogP contribution in [0.5, 0.6) is 0 Å². The van der Waals surface area contributed by atoms with Crippen LogP contribution in [-0.4, -0.2) is 24.7 Å². The molecule has 6 nitrogen and oxygen atoms in total. The quantitative estimate of drug-likeness (QED) is 0.783. The van der Waals surface area contributed by atoms with Gasteiger partial charge in [0.2, 0.25) is 5.95 Å². The first-order valence-electron chi connectivity index (χ1n) is 7.27. The summed E-state index contributed by atoms with van der Waals surface area (Å²) in [6.45, 7) is 2.12. The van der Waals surface area contributed by atoms with Gasteiger partial charge in [-0.2, -0.15) is 5.10 Å². The van der Waals surface area contributed by atoms with Crippen molar-refractivity contribution in [2.45, 2.75) is 19.4 Å². The Hall–Kier alpha value is -2.76. The molecular weight excluding hydrogens is 276 g/mol. The number of rotatable bonds is 5. The number of anilines is 1. The van der Waals surface area contributed by atoms with Gasteiger partial charge < -0.3 is 5.32 Å². The third-order valence-electron chi connectivity index (χ3n) is 3.51. The van der Waals surface area contributed by atoms with Crippen molar-refractivity contribution in [3.63, 3.8) is 0 Å². The van der Waals surface area contributed by atoms with E-state index in [2.05, 4.69) is 32.3 Å². The Morgan fingerprint density at radius 2 is 1.95 bits per heavy atom. The molecule has 1 atom stereocenters. The Balaban J connectivity index is 1.85. The van der Waals surface area contributed by atoms with Crippen LogP contribution in [0.1, 0.15) is 25.1 Å². The summed E-state index contributed by atoms with van der Waals surface area (Å²) in [6, 6.07) is 9.75. The number of hydrogen-bond acceptors (Lipinski definition) is 5. The van der Waals surface area contributed by atoms with Crippen molar-refractivity contribution in [3.05, 3.63) is 54.6 Å². The largest absolute Gasteiger partial charge is 0.346 e. The molecule has 0 radical (unpaired) electrons. The van der Waals surface area contributed by atoms with E-state index in [4.69, 9.17) is 0 Å². The van der Waals surface area contributed by atoms with E-state index in [9.17, 15) is 0 Å². The average Bonchev–Trinajstić information content (AvgIpc) is 3.00. The predicted molar refractivity (Wildman–Crippen MR) is 85.1 cm³/mol. The molecule has 0 spiro atoms. The van der Waals surface area contributed by atoms with Crippen LogP contribution in [0.2, 0.25) is 0 Å². The van der Waals surface area contributed by atoms with E-state index in [0.29, 0.717) is 5.95 Å². The average molecular weight is 294 g/mol. The fraction of sp³-hybridized carbons (Fsp3) is 0.250. The first-order valence-corrected chi connectivity index (χ1v) is 7.27. The maximum atomic E-state index is 4.56. The second kappa shape index (κ2) is 6.34. The molecule has 0 aliphatic carbocycles. The standard InChI is InChI=1S/C16H18N6/c1-3-12(15-8-11-19-22(15)2)20-16-18-10-7-14(21-16)13-6-4-5-9-17-13/h4-12H,3H2,1-2H3,(H,18,20,21)/t12-/m1/s1. The van der Waals surface area contributed by atoms with Gasteiger partial charge in [0.25, 0.3) is 0 Å². The lowest BCUT2D eigenvalue weighted by Gasteiger charge is -2.17. The van der Waals surface area contributed by atoms with E-state index < -0.39 is 0 Å². The number of nitrogens with one attached hydrogen (secondary N) is 1. The summed E-state index contributed by atoms with van der Waals surface area (Å²) in [4.78, 5) is 13.2. The highest BCUT2D eigenvalue weighted by Crippen LogP contribution is 2.21. The molecule has 3 rings (SSSR count). The van der Waals surface area contributed by atoms with Gasteiger partial charge in [0.15, 0.2) is 0 Å². The fourth-order valence-electron chi connectivity index (χ4n) is 2.35. The second-order valence-corrected chi connectivity index (χ2v) is 4.97. The Labute approximate surface area is 129 Å². The monoisotopic (exact) mass is 294 g/mol. The molecule has 6 heteroatoms. The fourth-order valence-corrected chi connectivity index (χ4v) is 2.35. The topological polar surface area (TPSA) is 68.5 Å². The molecule has 112 valence electrons. The van der Waals surface area contributed by atoms with Crippen LogP contribution in [-0.2, 0) is 7.05 Å². The summed E-state index contributed by atoms with van der Waals surface area (Å²) >= 11 is 0. The zero-order chi connectivity index (χ0) is 15.4. The highest BCUT2D eigenvalue weighted by molar-refractivity contribution is 5.54. The van der Waals surface area contributed by atoms with Gasteiger partial charge in [0, 0.05) is 25.6 Å². The first-order chi connectivity index (χ1) is 10.8.